The lowest BCUT2D eigenvalue weighted by molar-refractivity contribution is 0.0697. The second-order valence-electron chi connectivity index (χ2n) is 7.37. The number of hydrogen-bond acceptors (Lipinski definition) is 6. The first-order valence-corrected chi connectivity index (χ1v) is 10.0. The lowest BCUT2D eigenvalue weighted by Crippen LogP contribution is -2.39. The minimum atomic E-state index is -0.0296. The Kier molecular flexibility index (Phi) is 5.97. The predicted molar refractivity (Wildman–Crippen MR) is 111 cm³/mol. The Hall–Kier alpha value is -3.35. The van der Waals surface area contributed by atoms with Crippen LogP contribution in [0.3, 0.4) is 0 Å². The summed E-state index contributed by atoms with van der Waals surface area (Å²) in [6.45, 7) is 1.31. The predicted octanol–water partition coefficient (Wildman–Crippen LogP) is 3.70. The third kappa shape index (κ3) is 4.45. The summed E-state index contributed by atoms with van der Waals surface area (Å²) in [7, 11) is 3.21. The van der Waals surface area contributed by atoms with Gasteiger partial charge in [0.25, 0.3) is 5.91 Å². The molecule has 1 fully saturated rings. The van der Waals surface area contributed by atoms with Crippen molar-refractivity contribution in [2.45, 2.75) is 25.2 Å². The van der Waals surface area contributed by atoms with Crippen molar-refractivity contribution in [3.05, 3.63) is 71.6 Å². The summed E-state index contributed by atoms with van der Waals surface area (Å²) in [6.07, 6.45) is 5.85. The molecule has 0 saturated carbocycles. The number of oxazole rings is 1. The molecule has 2 aromatic heterocycles. The number of ether oxygens (including phenoxy) is 2. The molecule has 1 atom stereocenters. The smallest absolute Gasteiger partial charge is 0.255 e. The van der Waals surface area contributed by atoms with Crippen molar-refractivity contribution in [3.8, 4) is 11.6 Å². The summed E-state index contributed by atoms with van der Waals surface area (Å²) in [6, 6.07) is 11.4. The standard InChI is InChI=1S/C23H25N3O4/c1-28-19-7-3-5-16(11-19)12-20-14-25-22(30-20)18-6-4-10-26(15-18)23(27)17-8-9-21(29-2)24-13-17/h3,5,7-9,11,13-14,18H,4,6,10,12,15H2,1-2H3. The van der Waals surface area contributed by atoms with Crippen LogP contribution in [0.15, 0.2) is 53.2 Å². The maximum absolute atomic E-state index is 12.9. The zero-order chi connectivity index (χ0) is 20.9. The maximum atomic E-state index is 12.9. The van der Waals surface area contributed by atoms with Crippen molar-refractivity contribution >= 4 is 5.91 Å². The molecule has 7 nitrogen and oxygen atoms in total. The molecule has 0 radical (unpaired) electrons. The van der Waals surface area contributed by atoms with Gasteiger partial charge in [-0.3, -0.25) is 4.79 Å². The molecule has 1 aliphatic heterocycles. The first-order valence-electron chi connectivity index (χ1n) is 10.0. The fraction of sp³-hybridized carbons (Fsp3) is 0.348. The number of methoxy groups -OCH3 is 2. The number of hydrogen-bond donors (Lipinski definition) is 0. The van der Waals surface area contributed by atoms with Crippen LogP contribution in [-0.2, 0) is 6.42 Å². The fourth-order valence-electron chi connectivity index (χ4n) is 3.75. The fourth-order valence-corrected chi connectivity index (χ4v) is 3.75. The Labute approximate surface area is 175 Å². The molecule has 4 rings (SSSR count). The van der Waals surface area contributed by atoms with Crippen LogP contribution in [0.25, 0.3) is 0 Å². The summed E-state index contributed by atoms with van der Waals surface area (Å²) in [5, 5.41) is 0. The number of nitrogens with zero attached hydrogens (tertiary/aromatic N) is 3. The Morgan fingerprint density at radius 3 is 2.83 bits per heavy atom. The molecule has 1 aliphatic rings. The average molecular weight is 407 g/mol. The minimum Gasteiger partial charge on any atom is -0.497 e. The van der Waals surface area contributed by atoms with Crippen molar-refractivity contribution in [2.75, 3.05) is 27.3 Å². The van der Waals surface area contributed by atoms with Gasteiger partial charge in [-0.05, 0) is 36.6 Å². The van der Waals surface area contributed by atoms with Crippen LogP contribution >= 0.6 is 0 Å². The number of likely N-dealkylation sites (tertiary alicyclic amines) is 1. The molecule has 1 aromatic carbocycles. The molecule has 0 aliphatic carbocycles. The maximum Gasteiger partial charge on any atom is 0.255 e. The highest BCUT2D eigenvalue weighted by atomic mass is 16.5. The molecule has 0 bridgehead atoms. The largest absolute Gasteiger partial charge is 0.497 e. The van der Waals surface area contributed by atoms with Gasteiger partial charge < -0.3 is 18.8 Å². The second kappa shape index (κ2) is 8.98. The van der Waals surface area contributed by atoms with Gasteiger partial charge >= 0.3 is 0 Å². The summed E-state index contributed by atoms with van der Waals surface area (Å²) < 4.78 is 16.4. The van der Waals surface area contributed by atoms with E-state index >= 15 is 0 Å². The van der Waals surface area contributed by atoms with E-state index in [1.165, 1.54) is 0 Å². The molecule has 0 spiro atoms. The molecule has 0 N–H and O–H groups in total. The minimum absolute atomic E-state index is 0.0296. The third-order valence-corrected chi connectivity index (χ3v) is 5.33. The van der Waals surface area contributed by atoms with Crippen molar-refractivity contribution in [1.29, 1.82) is 0 Å². The van der Waals surface area contributed by atoms with Crippen LogP contribution < -0.4 is 9.47 Å². The zero-order valence-corrected chi connectivity index (χ0v) is 17.2. The molecular formula is C23H25N3O4. The quantitative estimate of drug-likeness (QED) is 0.620. The number of carbonyl (C=O) groups is 1. The van der Waals surface area contributed by atoms with E-state index in [0.29, 0.717) is 30.3 Å². The Balaban J connectivity index is 1.42. The van der Waals surface area contributed by atoms with Gasteiger partial charge in [-0.25, -0.2) is 9.97 Å². The lowest BCUT2D eigenvalue weighted by Gasteiger charge is -2.31. The van der Waals surface area contributed by atoms with E-state index in [4.69, 9.17) is 13.9 Å². The van der Waals surface area contributed by atoms with E-state index in [0.717, 1.165) is 36.5 Å². The van der Waals surface area contributed by atoms with Gasteiger partial charge in [-0.1, -0.05) is 12.1 Å². The lowest BCUT2D eigenvalue weighted by atomic mass is 9.97. The van der Waals surface area contributed by atoms with Gasteiger partial charge in [-0.2, -0.15) is 0 Å². The van der Waals surface area contributed by atoms with E-state index in [1.807, 2.05) is 29.2 Å². The Morgan fingerprint density at radius 1 is 1.17 bits per heavy atom. The monoisotopic (exact) mass is 407 g/mol. The summed E-state index contributed by atoms with van der Waals surface area (Å²) in [5.74, 6) is 2.87. The summed E-state index contributed by atoms with van der Waals surface area (Å²) >= 11 is 0. The number of aromatic nitrogens is 2. The average Bonchev–Trinajstić information content (AvgIpc) is 3.27. The Bertz CT molecular complexity index is 1000. The highest BCUT2D eigenvalue weighted by molar-refractivity contribution is 5.94. The first kappa shape index (κ1) is 19.9. The third-order valence-electron chi connectivity index (χ3n) is 5.33. The summed E-state index contributed by atoms with van der Waals surface area (Å²) in [5.41, 5.74) is 1.66. The van der Waals surface area contributed by atoms with Crippen LogP contribution in [0.4, 0.5) is 0 Å². The normalized spacial score (nSPS) is 16.3. The zero-order valence-electron chi connectivity index (χ0n) is 17.2. The van der Waals surface area contributed by atoms with Crippen molar-refractivity contribution in [2.24, 2.45) is 0 Å². The number of rotatable bonds is 6. The van der Waals surface area contributed by atoms with Crippen LogP contribution in [0.2, 0.25) is 0 Å². The number of pyridine rings is 1. The Morgan fingerprint density at radius 2 is 2.07 bits per heavy atom. The topological polar surface area (TPSA) is 77.7 Å². The van der Waals surface area contributed by atoms with E-state index in [2.05, 4.69) is 9.97 Å². The highest BCUT2D eigenvalue weighted by Crippen LogP contribution is 2.28. The number of amides is 1. The van der Waals surface area contributed by atoms with Crippen LogP contribution in [0.5, 0.6) is 11.6 Å². The van der Waals surface area contributed by atoms with Gasteiger partial charge in [0.15, 0.2) is 5.89 Å². The van der Waals surface area contributed by atoms with Gasteiger partial charge in [0.2, 0.25) is 5.88 Å². The van der Waals surface area contributed by atoms with Gasteiger partial charge in [0.1, 0.15) is 11.5 Å². The highest BCUT2D eigenvalue weighted by Gasteiger charge is 2.28. The second-order valence-corrected chi connectivity index (χ2v) is 7.37. The first-order chi connectivity index (χ1) is 14.7. The molecule has 1 unspecified atom stereocenters. The molecule has 3 aromatic rings. The van der Waals surface area contributed by atoms with Gasteiger partial charge in [0, 0.05) is 31.8 Å². The molecule has 1 saturated heterocycles. The van der Waals surface area contributed by atoms with Gasteiger partial charge in [-0.15, -0.1) is 0 Å². The van der Waals surface area contributed by atoms with Crippen molar-refractivity contribution in [1.82, 2.24) is 14.9 Å². The summed E-state index contributed by atoms with van der Waals surface area (Å²) in [4.78, 5) is 23.4. The molecule has 1 amide bonds. The van der Waals surface area contributed by atoms with Crippen LogP contribution in [0, 0.1) is 0 Å². The van der Waals surface area contributed by atoms with Crippen LogP contribution in [-0.4, -0.2) is 48.1 Å². The van der Waals surface area contributed by atoms with E-state index in [-0.39, 0.29) is 11.8 Å². The molecule has 7 heteroatoms. The molecular weight excluding hydrogens is 382 g/mol. The van der Waals surface area contributed by atoms with E-state index < -0.39 is 0 Å². The number of carbonyl (C=O) groups excluding carboxylic acids is 1. The molecule has 156 valence electrons. The number of piperidine rings is 1. The van der Waals surface area contributed by atoms with E-state index in [1.54, 1.807) is 38.7 Å². The molecule has 30 heavy (non-hydrogen) atoms. The van der Waals surface area contributed by atoms with Crippen molar-refractivity contribution in [3.63, 3.8) is 0 Å². The van der Waals surface area contributed by atoms with Crippen molar-refractivity contribution < 1.29 is 18.7 Å². The SMILES string of the molecule is COc1cccc(Cc2cnc(C3CCCN(C(=O)c4ccc(OC)nc4)C3)o2)c1. The van der Waals surface area contributed by atoms with Gasteiger partial charge in [0.05, 0.1) is 31.9 Å². The van der Waals surface area contributed by atoms with E-state index in [9.17, 15) is 4.79 Å². The number of benzene rings is 1. The van der Waals surface area contributed by atoms with Crippen LogP contribution in [0.1, 0.15) is 46.3 Å². The molecule has 3 heterocycles.